The molecular weight excluding hydrogens is 210 g/mol. The maximum atomic E-state index is 11.6. The van der Waals surface area contributed by atoms with E-state index in [2.05, 4.69) is 5.32 Å². The third kappa shape index (κ3) is 5.44. The van der Waals surface area contributed by atoms with E-state index in [4.69, 9.17) is 14.2 Å². The molecule has 96 valence electrons. The lowest BCUT2D eigenvalue weighted by Gasteiger charge is -2.27. The van der Waals surface area contributed by atoms with E-state index in [-0.39, 0.29) is 12.6 Å². The van der Waals surface area contributed by atoms with Crippen LogP contribution in [0, 0.1) is 0 Å². The minimum absolute atomic E-state index is 0.281. The molecule has 0 saturated carbocycles. The summed E-state index contributed by atoms with van der Waals surface area (Å²) in [6, 6.07) is 0. The normalized spacial score (nSPS) is 14.5. The molecule has 0 aromatic heterocycles. The van der Waals surface area contributed by atoms with Gasteiger partial charge < -0.3 is 19.5 Å². The molecule has 0 aliphatic carbocycles. The minimum atomic E-state index is -0.779. The summed E-state index contributed by atoms with van der Waals surface area (Å²) < 4.78 is 15.0. The Morgan fingerprint density at radius 2 is 2.00 bits per heavy atom. The van der Waals surface area contributed by atoms with Crippen LogP contribution in [0.4, 0.5) is 0 Å². The molecule has 0 aromatic rings. The van der Waals surface area contributed by atoms with Crippen LogP contribution in [0.5, 0.6) is 0 Å². The standard InChI is InChI=1S/C11H23NO4/c1-5-6-12-11(2,10(13)15-4)9-16-8-7-14-3/h12H,5-9H2,1-4H3. The molecule has 1 N–H and O–H groups in total. The van der Waals surface area contributed by atoms with Crippen molar-refractivity contribution < 1.29 is 19.0 Å². The molecule has 0 fully saturated rings. The number of rotatable bonds is 9. The third-order valence-electron chi connectivity index (χ3n) is 2.22. The Morgan fingerprint density at radius 3 is 2.50 bits per heavy atom. The van der Waals surface area contributed by atoms with Crippen LogP contribution >= 0.6 is 0 Å². The van der Waals surface area contributed by atoms with Crippen molar-refractivity contribution in [2.75, 3.05) is 40.6 Å². The van der Waals surface area contributed by atoms with E-state index in [1.165, 1.54) is 7.11 Å². The van der Waals surface area contributed by atoms with E-state index in [0.29, 0.717) is 13.2 Å². The summed E-state index contributed by atoms with van der Waals surface area (Å²) in [5.74, 6) is -0.307. The lowest BCUT2D eigenvalue weighted by molar-refractivity contribution is -0.150. The Balaban J connectivity index is 4.13. The number of methoxy groups -OCH3 is 2. The first-order valence-electron chi connectivity index (χ1n) is 5.50. The van der Waals surface area contributed by atoms with Crippen molar-refractivity contribution in [1.29, 1.82) is 0 Å². The molecule has 0 aliphatic heterocycles. The van der Waals surface area contributed by atoms with Gasteiger partial charge in [0.15, 0.2) is 0 Å². The molecule has 0 saturated heterocycles. The first-order chi connectivity index (χ1) is 7.60. The van der Waals surface area contributed by atoms with Gasteiger partial charge in [-0.3, -0.25) is 0 Å². The van der Waals surface area contributed by atoms with Crippen LogP contribution in [-0.4, -0.2) is 52.1 Å². The highest BCUT2D eigenvalue weighted by atomic mass is 16.5. The van der Waals surface area contributed by atoms with Crippen molar-refractivity contribution >= 4 is 5.97 Å². The van der Waals surface area contributed by atoms with Gasteiger partial charge in [-0.2, -0.15) is 0 Å². The van der Waals surface area contributed by atoms with E-state index >= 15 is 0 Å². The predicted octanol–water partition coefficient (Wildman–Crippen LogP) is 0.581. The van der Waals surface area contributed by atoms with Gasteiger partial charge in [-0.25, -0.2) is 4.79 Å². The van der Waals surface area contributed by atoms with E-state index < -0.39 is 5.54 Å². The van der Waals surface area contributed by atoms with Crippen LogP contribution < -0.4 is 5.32 Å². The fraction of sp³-hybridized carbons (Fsp3) is 0.909. The second-order valence-electron chi connectivity index (χ2n) is 3.80. The Bertz CT molecular complexity index is 198. The maximum absolute atomic E-state index is 11.6. The van der Waals surface area contributed by atoms with Gasteiger partial charge in [0.05, 0.1) is 26.9 Å². The molecule has 0 bridgehead atoms. The van der Waals surface area contributed by atoms with Crippen molar-refractivity contribution in [2.24, 2.45) is 0 Å². The van der Waals surface area contributed by atoms with Crippen LogP contribution in [0.15, 0.2) is 0 Å². The second kappa shape index (κ2) is 8.50. The van der Waals surface area contributed by atoms with Crippen molar-refractivity contribution in [3.63, 3.8) is 0 Å². The molecule has 0 amide bonds. The second-order valence-corrected chi connectivity index (χ2v) is 3.80. The van der Waals surface area contributed by atoms with E-state index in [1.807, 2.05) is 6.92 Å². The highest BCUT2D eigenvalue weighted by Crippen LogP contribution is 2.07. The largest absolute Gasteiger partial charge is 0.468 e. The summed E-state index contributed by atoms with van der Waals surface area (Å²) in [4.78, 5) is 11.6. The minimum Gasteiger partial charge on any atom is -0.468 e. The van der Waals surface area contributed by atoms with Gasteiger partial charge in [0, 0.05) is 7.11 Å². The summed E-state index contributed by atoms with van der Waals surface area (Å²) in [6.45, 7) is 5.84. The summed E-state index contributed by atoms with van der Waals surface area (Å²) in [7, 11) is 2.99. The lowest BCUT2D eigenvalue weighted by Crippen LogP contribution is -2.54. The van der Waals surface area contributed by atoms with Crippen molar-refractivity contribution in [1.82, 2.24) is 5.32 Å². The van der Waals surface area contributed by atoms with Crippen LogP contribution in [0.25, 0.3) is 0 Å². The monoisotopic (exact) mass is 233 g/mol. The van der Waals surface area contributed by atoms with Crippen LogP contribution in [0.1, 0.15) is 20.3 Å². The molecular formula is C11H23NO4. The molecule has 1 unspecified atom stereocenters. The zero-order valence-corrected chi connectivity index (χ0v) is 10.7. The summed E-state index contributed by atoms with van der Waals surface area (Å²) in [5, 5.41) is 3.13. The number of hydrogen-bond donors (Lipinski definition) is 1. The summed E-state index contributed by atoms with van der Waals surface area (Å²) in [6.07, 6.45) is 0.949. The van der Waals surface area contributed by atoms with Gasteiger partial charge in [0.25, 0.3) is 0 Å². The van der Waals surface area contributed by atoms with Gasteiger partial charge in [-0.15, -0.1) is 0 Å². The van der Waals surface area contributed by atoms with E-state index in [1.54, 1.807) is 14.0 Å². The highest BCUT2D eigenvalue weighted by Gasteiger charge is 2.33. The Morgan fingerprint density at radius 1 is 1.31 bits per heavy atom. The Kier molecular flexibility index (Phi) is 8.15. The third-order valence-corrected chi connectivity index (χ3v) is 2.22. The fourth-order valence-electron chi connectivity index (χ4n) is 1.23. The molecule has 0 aliphatic rings. The zero-order valence-electron chi connectivity index (χ0n) is 10.7. The number of hydrogen-bond acceptors (Lipinski definition) is 5. The fourth-order valence-corrected chi connectivity index (χ4v) is 1.23. The van der Waals surface area contributed by atoms with Gasteiger partial charge in [0.1, 0.15) is 5.54 Å². The average molecular weight is 233 g/mol. The number of esters is 1. The molecule has 16 heavy (non-hydrogen) atoms. The molecule has 0 aromatic carbocycles. The van der Waals surface area contributed by atoms with Crippen LogP contribution in [-0.2, 0) is 19.0 Å². The average Bonchev–Trinajstić information content (AvgIpc) is 2.31. The smallest absolute Gasteiger partial charge is 0.328 e. The summed E-state index contributed by atoms with van der Waals surface area (Å²) in [5.41, 5.74) is -0.779. The Hall–Kier alpha value is -0.650. The molecule has 5 heteroatoms. The van der Waals surface area contributed by atoms with E-state index in [9.17, 15) is 4.79 Å². The SMILES string of the molecule is CCCNC(C)(COCCOC)C(=O)OC. The number of nitrogens with one attached hydrogen (secondary N) is 1. The van der Waals surface area contributed by atoms with Gasteiger partial charge >= 0.3 is 5.97 Å². The summed E-state index contributed by atoms with van der Waals surface area (Å²) >= 11 is 0. The van der Waals surface area contributed by atoms with Gasteiger partial charge in [-0.05, 0) is 19.9 Å². The molecule has 0 spiro atoms. The molecule has 0 rings (SSSR count). The highest BCUT2D eigenvalue weighted by molar-refractivity contribution is 5.80. The molecule has 1 atom stereocenters. The molecule has 5 nitrogen and oxygen atoms in total. The van der Waals surface area contributed by atoms with Crippen molar-refractivity contribution in [3.05, 3.63) is 0 Å². The zero-order chi connectivity index (χ0) is 12.4. The number of ether oxygens (including phenoxy) is 3. The predicted molar refractivity (Wildman–Crippen MR) is 61.4 cm³/mol. The van der Waals surface area contributed by atoms with Gasteiger partial charge in [-0.1, -0.05) is 6.92 Å². The number of carbonyl (C=O) groups is 1. The number of carbonyl (C=O) groups excluding carboxylic acids is 1. The first kappa shape index (κ1) is 15.3. The van der Waals surface area contributed by atoms with E-state index in [0.717, 1.165) is 13.0 Å². The van der Waals surface area contributed by atoms with Crippen molar-refractivity contribution in [2.45, 2.75) is 25.8 Å². The first-order valence-corrected chi connectivity index (χ1v) is 5.50. The van der Waals surface area contributed by atoms with Gasteiger partial charge in [0.2, 0.25) is 0 Å². The maximum Gasteiger partial charge on any atom is 0.328 e. The lowest BCUT2D eigenvalue weighted by atomic mass is 10.0. The van der Waals surface area contributed by atoms with Crippen LogP contribution in [0.2, 0.25) is 0 Å². The molecule has 0 heterocycles. The van der Waals surface area contributed by atoms with Crippen molar-refractivity contribution in [3.8, 4) is 0 Å². The van der Waals surface area contributed by atoms with Crippen LogP contribution in [0.3, 0.4) is 0 Å². The topological polar surface area (TPSA) is 56.8 Å². The molecule has 0 radical (unpaired) electrons. The Labute approximate surface area is 97.4 Å². The quantitative estimate of drug-likeness (QED) is 0.466.